The number of nitrogens with two attached hydrogens (primary N) is 1. The van der Waals surface area contributed by atoms with Crippen molar-refractivity contribution in [2.45, 2.75) is 39.2 Å². The Kier molecular flexibility index (Phi) is 7.61. The second-order valence-electron chi connectivity index (χ2n) is 5.54. The fourth-order valence-electron chi connectivity index (χ4n) is 2.14. The molecule has 2 aromatic rings. The Balaban J connectivity index is 0.00000264. The van der Waals surface area contributed by atoms with Gasteiger partial charge in [0.25, 0.3) is 5.91 Å². The maximum atomic E-state index is 12.1. The number of aromatic nitrogens is 2. The van der Waals surface area contributed by atoms with Crippen LogP contribution in [0, 0.1) is 0 Å². The third-order valence-corrected chi connectivity index (χ3v) is 4.38. The monoisotopic (exact) mass is 354 g/mol. The highest BCUT2D eigenvalue weighted by atomic mass is 35.5. The average Bonchev–Trinajstić information content (AvgIpc) is 3.01. The van der Waals surface area contributed by atoms with Crippen molar-refractivity contribution >= 4 is 29.8 Å². The molecule has 0 spiro atoms. The van der Waals surface area contributed by atoms with Crippen molar-refractivity contribution in [3.8, 4) is 0 Å². The van der Waals surface area contributed by atoms with Crippen LogP contribution in [0.15, 0.2) is 24.3 Å². The molecule has 23 heavy (non-hydrogen) atoms. The van der Waals surface area contributed by atoms with E-state index in [0.717, 1.165) is 22.8 Å². The summed E-state index contributed by atoms with van der Waals surface area (Å²) in [6.45, 7) is 6.66. The van der Waals surface area contributed by atoms with E-state index >= 15 is 0 Å². The van der Waals surface area contributed by atoms with E-state index in [9.17, 15) is 4.79 Å². The van der Waals surface area contributed by atoms with Crippen LogP contribution >= 0.6 is 23.9 Å². The molecule has 2 rings (SSSR count). The number of halogens is 1. The molecule has 126 valence electrons. The van der Waals surface area contributed by atoms with Crippen LogP contribution in [0.2, 0.25) is 0 Å². The average molecular weight is 355 g/mol. The molecule has 0 aliphatic carbocycles. The number of carbonyl (C=O) groups excluding carboxylic acids is 1. The lowest BCUT2D eigenvalue weighted by atomic mass is 9.99. The molecule has 1 aromatic heterocycles. The van der Waals surface area contributed by atoms with Crippen LogP contribution in [0.5, 0.6) is 0 Å². The molecule has 7 heteroatoms. The van der Waals surface area contributed by atoms with Gasteiger partial charge in [0.15, 0.2) is 0 Å². The second kappa shape index (κ2) is 8.96. The predicted octanol–water partition coefficient (Wildman–Crippen LogP) is 3.08. The molecular formula is C16H23ClN4OS. The summed E-state index contributed by atoms with van der Waals surface area (Å²) in [6, 6.07) is 8.00. The highest BCUT2D eigenvalue weighted by Crippen LogP contribution is 2.17. The van der Waals surface area contributed by atoms with Crippen molar-refractivity contribution in [3.05, 3.63) is 46.0 Å². The van der Waals surface area contributed by atoms with E-state index in [1.54, 1.807) is 0 Å². The van der Waals surface area contributed by atoms with E-state index in [1.165, 1.54) is 5.56 Å². The molecule has 1 atom stereocenters. The van der Waals surface area contributed by atoms with Gasteiger partial charge in [0.2, 0.25) is 0 Å². The molecule has 0 radical (unpaired) electrons. The van der Waals surface area contributed by atoms with E-state index in [2.05, 4.69) is 40.9 Å². The first-order valence-corrected chi connectivity index (χ1v) is 8.25. The minimum absolute atomic E-state index is 0. The second-order valence-corrected chi connectivity index (χ2v) is 6.29. The number of nitrogens with one attached hydrogen (secondary N) is 1. The summed E-state index contributed by atoms with van der Waals surface area (Å²) in [7, 11) is 0. The van der Waals surface area contributed by atoms with Gasteiger partial charge in [0.05, 0.1) is 5.69 Å². The molecule has 5 nitrogen and oxygen atoms in total. The van der Waals surface area contributed by atoms with Gasteiger partial charge in [0.1, 0.15) is 4.88 Å². The number of hydrogen-bond donors (Lipinski definition) is 2. The highest BCUT2D eigenvalue weighted by Gasteiger charge is 2.16. The first kappa shape index (κ1) is 19.5. The van der Waals surface area contributed by atoms with Gasteiger partial charge in [-0.3, -0.25) is 4.79 Å². The van der Waals surface area contributed by atoms with E-state index in [0.29, 0.717) is 23.8 Å². The Morgan fingerprint density at radius 2 is 1.87 bits per heavy atom. The molecule has 3 N–H and O–H groups in total. The summed E-state index contributed by atoms with van der Waals surface area (Å²) >= 11 is 1.12. The Hall–Kier alpha value is -1.50. The first-order valence-electron chi connectivity index (χ1n) is 7.47. The number of hydrogen-bond acceptors (Lipinski definition) is 5. The minimum atomic E-state index is -0.226. The summed E-state index contributed by atoms with van der Waals surface area (Å²) < 4.78 is 3.83. The van der Waals surface area contributed by atoms with E-state index in [1.807, 2.05) is 19.1 Å². The molecule has 1 aromatic carbocycles. The zero-order valence-corrected chi connectivity index (χ0v) is 15.2. The van der Waals surface area contributed by atoms with Gasteiger partial charge >= 0.3 is 0 Å². The Morgan fingerprint density at radius 3 is 2.43 bits per heavy atom. The molecule has 0 bridgehead atoms. The quantitative estimate of drug-likeness (QED) is 0.835. The minimum Gasteiger partial charge on any atom is -0.349 e. The molecule has 0 aliphatic rings. The number of amides is 1. The number of nitrogens with zero attached hydrogens (tertiary/aromatic N) is 2. The van der Waals surface area contributed by atoms with Crippen LogP contribution in [-0.2, 0) is 6.42 Å². The van der Waals surface area contributed by atoms with E-state index < -0.39 is 0 Å². The van der Waals surface area contributed by atoms with Gasteiger partial charge < -0.3 is 11.1 Å². The summed E-state index contributed by atoms with van der Waals surface area (Å²) in [5.74, 6) is 0.345. The fourth-order valence-corrected chi connectivity index (χ4v) is 2.81. The fraction of sp³-hybridized carbons (Fsp3) is 0.438. The van der Waals surface area contributed by atoms with Crippen LogP contribution in [0.1, 0.15) is 59.2 Å². The SMILES string of the molecule is CCc1nnsc1C(=O)NCC(N)c1ccc(C(C)C)cc1.Cl. The molecule has 1 unspecified atom stereocenters. The van der Waals surface area contributed by atoms with E-state index in [4.69, 9.17) is 5.73 Å². The molecule has 0 saturated carbocycles. The molecule has 1 amide bonds. The van der Waals surface area contributed by atoms with Crippen molar-refractivity contribution in [2.75, 3.05) is 6.54 Å². The molecule has 1 heterocycles. The predicted molar refractivity (Wildman–Crippen MR) is 96.3 cm³/mol. The lowest BCUT2D eigenvalue weighted by Gasteiger charge is -2.14. The topological polar surface area (TPSA) is 80.9 Å². The van der Waals surface area contributed by atoms with Gasteiger partial charge in [-0.2, -0.15) is 0 Å². The molecule has 0 fully saturated rings. The third kappa shape index (κ3) is 4.99. The zero-order valence-electron chi connectivity index (χ0n) is 13.6. The Morgan fingerprint density at radius 1 is 1.26 bits per heavy atom. The summed E-state index contributed by atoms with van der Waals surface area (Å²) in [4.78, 5) is 12.7. The lowest BCUT2D eigenvalue weighted by Crippen LogP contribution is -2.32. The van der Waals surface area contributed by atoms with Crippen molar-refractivity contribution in [3.63, 3.8) is 0 Å². The zero-order chi connectivity index (χ0) is 16.1. The summed E-state index contributed by atoms with van der Waals surface area (Å²) in [5.41, 5.74) is 9.18. The van der Waals surface area contributed by atoms with Crippen LogP contribution in [0.25, 0.3) is 0 Å². The summed E-state index contributed by atoms with van der Waals surface area (Å²) in [5, 5.41) is 6.81. The maximum absolute atomic E-state index is 12.1. The first-order chi connectivity index (χ1) is 10.5. The van der Waals surface area contributed by atoms with Crippen molar-refractivity contribution < 1.29 is 4.79 Å². The van der Waals surface area contributed by atoms with Gasteiger partial charge in [-0.25, -0.2) is 0 Å². The van der Waals surface area contributed by atoms with Gasteiger partial charge in [-0.15, -0.1) is 17.5 Å². The van der Waals surface area contributed by atoms with Crippen LogP contribution in [0.3, 0.4) is 0 Å². The van der Waals surface area contributed by atoms with Gasteiger partial charge in [-0.1, -0.05) is 49.5 Å². The van der Waals surface area contributed by atoms with Crippen LogP contribution in [-0.4, -0.2) is 22.0 Å². The van der Waals surface area contributed by atoms with Gasteiger partial charge in [0, 0.05) is 12.6 Å². The lowest BCUT2D eigenvalue weighted by molar-refractivity contribution is 0.0954. The number of rotatable bonds is 6. The molecular weight excluding hydrogens is 332 g/mol. The largest absolute Gasteiger partial charge is 0.349 e. The summed E-state index contributed by atoms with van der Waals surface area (Å²) in [6.07, 6.45) is 0.696. The third-order valence-electron chi connectivity index (χ3n) is 3.61. The highest BCUT2D eigenvalue weighted by molar-refractivity contribution is 7.08. The Bertz CT molecular complexity index is 627. The maximum Gasteiger partial charge on any atom is 0.265 e. The van der Waals surface area contributed by atoms with Crippen LogP contribution < -0.4 is 11.1 Å². The van der Waals surface area contributed by atoms with Crippen molar-refractivity contribution in [1.82, 2.24) is 14.9 Å². The van der Waals surface area contributed by atoms with Crippen molar-refractivity contribution in [2.24, 2.45) is 5.73 Å². The molecule has 0 saturated heterocycles. The Labute approximate surface area is 147 Å². The standard InChI is InChI=1S/C16H22N4OS.ClH/c1-4-14-15(22-20-19-14)16(21)18-9-13(17)12-7-5-11(6-8-12)10(2)3;/h5-8,10,13H,4,9,17H2,1-3H3,(H,18,21);1H. The van der Waals surface area contributed by atoms with Gasteiger partial charge in [-0.05, 0) is 35.0 Å². The van der Waals surface area contributed by atoms with Crippen molar-refractivity contribution in [1.29, 1.82) is 0 Å². The number of benzene rings is 1. The van der Waals surface area contributed by atoms with Crippen LogP contribution in [0.4, 0.5) is 0 Å². The normalized spacial score (nSPS) is 11.9. The number of carbonyl (C=O) groups is 1. The van der Waals surface area contributed by atoms with E-state index in [-0.39, 0.29) is 24.4 Å². The smallest absolute Gasteiger partial charge is 0.265 e. The molecule has 0 aliphatic heterocycles. The number of aryl methyl sites for hydroxylation is 1.